The van der Waals surface area contributed by atoms with Crippen LogP contribution in [0.4, 0.5) is 5.69 Å². The van der Waals surface area contributed by atoms with Gasteiger partial charge in [0.25, 0.3) is 5.91 Å². The zero-order valence-corrected chi connectivity index (χ0v) is 17.1. The summed E-state index contributed by atoms with van der Waals surface area (Å²) in [4.78, 5) is 26.6. The van der Waals surface area contributed by atoms with Crippen molar-refractivity contribution in [2.45, 2.75) is 32.5 Å². The molecule has 1 N–H and O–H groups in total. The van der Waals surface area contributed by atoms with Crippen molar-refractivity contribution in [3.05, 3.63) is 88.9 Å². The van der Waals surface area contributed by atoms with Gasteiger partial charge in [-0.15, -0.1) is 0 Å². The van der Waals surface area contributed by atoms with Crippen molar-refractivity contribution >= 4 is 17.6 Å². The molecule has 1 atom stereocenters. The van der Waals surface area contributed by atoms with Crippen LogP contribution in [0.2, 0.25) is 0 Å². The summed E-state index contributed by atoms with van der Waals surface area (Å²) in [6.07, 6.45) is 2.54. The molecule has 3 aromatic rings. The lowest BCUT2D eigenvalue weighted by atomic mass is 10.1. The maximum absolute atomic E-state index is 12.8. The van der Waals surface area contributed by atoms with Crippen molar-refractivity contribution < 1.29 is 18.7 Å². The normalized spacial score (nSPS) is 15.0. The number of anilines is 1. The zero-order valence-electron chi connectivity index (χ0n) is 17.1. The van der Waals surface area contributed by atoms with Crippen molar-refractivity contribution in [3.8, 4) is 0 Å². The van der Waals surface area contributed by atoms with Crippen LogP contribution in [0.15, 0.2) is 65.3 Å². The van der Waals surface area contributed by atoms with Gasteiger partial charge < -0.3 is 19.4 Å². The summed E-state index contributed by atoms with van der Waals surface area (Å²) in [6, 6.07) is 17.4. The van der Waals surface area contributed by atoms with Crippen LogP contribution in [0.1, 0.15) is 44.5 Å². The van der Waals surface area contributed by atoms with E-state index in [0.717, 1.165) is 12.0 Å². The minimum Gasteiger partial charge on any atom is -0.467 e. The van der Waals surface area contributed by atoms with E-state index in [9.17, 15) is 9.59 Å². The number of fused-ring (bicyclic) bond motifs is 1. The minimum atomic E-state index is -0.383. The summed E-state index contributed by atoms with van der Waals surface area (Å²) in [5, 5.41) is 2.93. The lowest BCUT2D eigenvalue weighted by molar-refractivity contribution is 0.0600. The smallest absolute Gasteiger partial charge is 0.337 e. The molecule has 0 saturated heterocycles. The molecule has 6 nitrogen and oxygen atoms in total. The molecule has 0 saturated carbocycles. The molecule has 1 aromatic heterocycles. The number of benzene rings is 2. The van der Waals surface area contributed by atoms with Crippen LogP contribution in [-0.2, 0) is 24.2 Å². The first-order chi connectivity index (χ1) is 14.6. The number of nitrogens with zero attached hydrogens (tertiary/aromatic N) is 1. The van der Waals surface area contributed by atoms with E-state index in [1.54, 1.807) is 36.6 Å². The maximum Gasteiger partial charge on any atom is 0.337 e. The minimum absolute atomic E-state index is 0.184. The Hall–Kier alpha value is -3.54. The Balaban J connectivity index is 1.42. The van der Waals surface area contributed by atoms with Gasteiger partial charge in [0.2, 0.25) is 0 Å². The average molecular weight is 404 g/mol. The highest BCUT2D eigenvalue weighted by Gasteiger charge is 2.27. The van der Waals surface area contributed by atoms with Gasteiger partial charge in [0, 0.05) is 18.3 Å². The molecule has 1 aliphatic rings. The summed E-state index contributed by atoms with van der Waals surface area (Å²) < 4.78 is 10.4. The van der Waals surface area contributed by atoms with Crippen molar-refractivity contribution in [1.29, 1.82) is 0 Å². The van der Waals surface area contributed by atoms with Crippen LogP contribution in [-0.4, -0.2) is 25.0 Å². The number of hydrogen-bond acceptors (Lipinski definition) is 5. The second kappa shape index (κ2) is 8.45. The van der Waals surface area contributed by atoms with E-state index < -0.39 is 0 Å². The molecule has 2 aromatic carbocycles. The van der Waals surface area contributed by atoms with Gasteiger partial charge in [-0.25, -0.2) is 4.79 Å². The molecule has 0 aliphatic carbocycles. The molecule has 0 fully saturated rings. The third kappa shape index (κ3) is 3.94. The van der Waals surface area contributed by atoms with E-state index in [0.29, 0.717) is 36.0 Å². The molecule has 6 heteroatoms. The topological polar surface area (TPSA) is 71.8 Å². The number of nitrogens with one attached hydrogen (secondary N) is 1. The standard InChI is InChI=1S/C24H24N2O4/c1-16-13-19-5-3-4-6-21(19)26(16)15-22-20(11-12-30-22)23(27)25-14-17-7-9-18(10-8-17)24(28)29-2/h3-12,16H,13-15H2,1-2H3,(H,25,27). The van der Waals surface area contributed by atoms with Gasteiger partial charge in [-0.1, -0.05) is 30.3 Å². The van der Waals surface area contributed by atoms with Crippen molar-refractivity contribution in [2.75, 3.05) is 12.0 Å². The van der Waals surface area contributed by atoms with Crippen molar-refractivity contribution in [2.24, 2.45) is 0 Å². The van der Waals surface area contributed by atoms with Crippen LogP contribution >= 0.6 is 0 Å². The first-order valence-electron chi connectivity index (χ1n) is 9.93. The van der Waals surface area contributed by atoms with Gasteiger partial charge in [-0.3, -0.25) is 4.79 Å². The van der Waals surface area contributed by atoms with E-state index in [4.69, 9.17) is 9.15 Å². The molecule has 30 heavy (non-hydrogen) atoms. The molecule has 0 bridgehead atoms. The monoisotopic (exact) mass is 404 g/mol. The molecule has 1 aliphatic heterocycles. The third-order valence-electron chi connectivity index (χ3n) is 5.48. The molecule has 0 spiro atoms. The molecular formula is C24H24N2O4. The largest absolute Gasteiger partial charge is 0.467 e. The highest BCUT2D eigenvalue weighted by Crippen LogP contribution is 2.33. The molecule has 4 rings (SSSR count). The zero-order chi connectivity index (χ0) is 21.1. The van der Waals surface area contributed by atoms with Crippen molar-refractivity contribution in [1.82, 2.24) is 5.32 Å². The van der Waals surface area contributed by atoms with Crippen LogP contribution in [0, 0.1) is 0 Å². The number of methoxy groups -OCH3 is 1. The van der Waals surface area contributed by atoms with Gasteiger partial charge in [0.05, 0.1) is 31.0 Å². The third-order valence-corrected chi connectivity index (χ3v) is 5.48. The van der Waals surface area contributed by atoms with Crippen LogP contribution in [0.5, 0.6) is 0 Å². The van der Waals surface area contributed by atoms with Gasteiger partial charge in [0.15, 0.2) is 0 Å². The molecule has 154 valence electrons. The molecular weight excluding hydrogens is 380 g/mol. The van der Waals surface area contributed by atoms with Gasteiger partial charge >= 0.3 is 5.97 Å². The SMILES string of the molecule is COC(=O)c1ccc(CNC(=O)c2ccoc2CN2c3ccccc3CC2C)cc1. The second-order valence-corrected chi connectivity index (χ2v) is 7.44. The van der Waals surface area contributed by atoms with Crippen molar-refractivity contribution in [3.63, 3.8) is 0 Å². The lowest BCUT2D eigenvalue weighted by Crippen LogP contribution is -2.30. The van der Waals surface area contributed by atoms with E-state index in [1.807, 2.05) is 6.07 Å². The summed E-state index contributed by atoms with van der Waals surface area (Å²) >= 11 is 0. The highest BCUT2D eigenvalue weighted by atomic mass is 16.5. The Morgan fingerprint density at radius 1 is 1.13 bits per heavy atom. The fourth-order valence-electron chi connectivity index (χ4n) is 3.84. The predicted molar refractivity (Wildman–Crippen MR) is 113 cm³/mol. The lowest BCUT2D eigenvalue weighted by Gasteiger charge is -2.24. The Morgan fingerprint density at radius 3 is 2.67 bits per heavy atom. The number of carbonyl (C=O) groups is 2. The Kier molecular flexibility index (Phi) is 5.57. The highest BCUT2D eigenvalue weighted by molar-refractivity contribution is 5.95. The summed E-state index contributed by atoms with van der Waals surface area (Å²) in [6.45, 7) is 3.08. The molecule has 1 amide bonds. The predicted octanol–water partition coefficient (Wildman–Crippen LogP) is 3.95. The van der Waals surface area contributed by atoms with E-state index in [1.165, 1.54) is 18.4 Å². The Labute approximate surface area is 175 Å². The molecule has 1 unspecified atom stereocenters. The number of furan rings is 1. The number of carbonyl (C=O) groups excluding carboxylic acids is 2. The van der Waals surface area contributed by atoms with E-state index in [-0.39, 0.29) is 11.9 Å². The number of para-hydroxylation sites is 1. The maximum atomic E-state index is 12.8. The number of rotatable bonds is 6. The quantitative estimate of drug-likeness (QED) is 0.630. The molecule has 0 radical (unpaired) electrons. The number of amides is 1. The van der Waals surface area contributed by atoms with Gasteiger partial charge in [-0.05, 0) is 48.7 Å². The Morgan fingerprint density at radius 2 is 1.90 bits per heavy atom. The van der Waals surface area contributed by atoms with E-state index >= 15 is 0 Å². The fourth-order valence-corrected chi connectivity index (χ4v) is 3.84. The first-order valence-corrected chi connectivity index (χ1v) is 9.93. The number of esters is 1. The Bertz CT molecular complexity index is 1060. The van der Waals surface area contributed by atoms with Crippen LogP contribution in [0.25, 0.3) is 0 Å². The summed E-state index contributed by atoms with van der Waals surface area (Å²) in [5.74, 6) is 0.0827. The average Bonchev–Trinajstić information content (AvgIpc) is 3.36. The summed E-state index contributed by atoms with van der Waals surface area (Å²) in [5.41, 5.74) is 4.42. The molecule has 2 heterocycles. The van der Waals surface area contributed by atoms with Crippen LogP contribution < -0.4 is 10.2 Å². The van der Waals surface area contributed by atoms with Gasteiger partial charge in [0.1, 0.15) is 5.76 Å². The summed E-state index contributed by atoms with van der Waals surface area (Å²) in [7, 11) is 1.35. The number of hydrogen-bond donors (Lipinski definition) is 1. The first kappa shape index (κ1) is 19.8. The number of ether oxygens (including phenoxy) is 1. The van der Waals surface area contributed by atoms with E-state index in [2.05, 4.69) is 35.3 Å². The fraction of sp³-hybridized carbons (Fsp3) is 0.250. The van der Waals surface area contributed by atoms with Gasteiger partial charge in [-0.2, -0.15) is 0 Å². The second-order valence-electron chi connectivity index (χ2n) is 7.44. The van der Waals surface area contributed by atoms with Crippen LogP contribution in [0.3, 0.4) is 0 Å².